The average molecular weight is 188 g/mol. The zero-order valence-corrected chi connectivity index (χ0v) is 8.62. The van der Waals surface area contributed by atoms with Gasteiger partial charge in [-0.2, -0.15) is 0 Å². The van der Waals surface area contributed by atoms with Crippen LogP contribution in [-0.4, -0.2) is 5.60 Å². The molecule has 1 spiro atoms. The van der Waals surface area contributed by atoms with Gasteiger partial charge in [-0.1, -0.05) is 42.7 Å². The molecule has 2 fully saturated rings. The maximum atomic E-state index is 5.89. The lowest BCUT2D eigenvalue weighted by molar-refractivity contribution is 0.297. The minimum atomic E-state index is 0.259. The summed E-state index contributed by atoms with van der Waals surface area (Å²) in [5.41, 5.74) is 2.96. The van der Waals surface area contributed by atoms with E-state index in [9.17, 15) is 0 Å². The number of rotatable bonds is 1. The minimum absolute atomic E-state index is 0.259. The van der Waals surface area contributed by atoms with Gasteiger partial charge in [-0.25, -0.2) is 0 Å². The van der Waals surface area contributed by atoms with Crippen LogP contribution in [0.25, 0.3) is 0 Å². The van der Waals surface area contributed by atoms with Gasteiger partial charge in [0, 0.05) is 0 Å². The zero-order chi connectivity index (χ0) is 9.60. The summed E-state index contributed by atoms with van der Waals surface area (Å²) in [5.74, 6) is 0. The molecule has 0 bridgehead atoms. The summed E-state index contributed by atoms with van der Waals surface area (Å²) in [7, 11) is 0. The van der Waals surface area contributed by atoms with Crippen LogP contribution in [0.3, 0.4) is 0 Å². The van der Waals surface area contributed by atoms with Crippen molar-refractivity contribution in [1.29, 1.82) is 0 Å². The Kier molecular flexibility index (Phi) is 1.72. The number of ether oxygens (including phenoxy) is 1. The third-order valence-electron chi connectivity index (χ3n) is 3.60. The van der Waals surface area contributed by atoms with E-state index >= 15 is 0 Å². The summed E-state index contributed by atoms with van der Waals surface area (Å²) in [6, 6.07) is 8.79. The first kappa shape index (κ1) is 8.49. The molecule has 0 aromatic heterocycles. The lowest BCUT2D eigenvalue weighted by Gasteiger charge is -2.01. The van der Waals surface area contributed by atoms with Gasteiger partial charge in [0.25, 0.3) is 0 Å². The van der Waals surface area contributed by atoms with E-state index < -0.39 is 0 Å². The van der Waals surface area contributed by atoms with Crippen molar-refractivity contribution in [3.8, 4) is 0 Å². The van der Waals surface area contributed by atoms with Crippen molar-refractivity contribution in [2.45, 2.75) is 44.3 Å². The molecule has 1 unspecified atom stereocenters. The first-order chi connectivity index (χ1) is 6.80. The lowest BCUT2D eigenvalue weighted by Crippen LogP contribution is -2.04. The van der Waals surface area contributed by atoms with Crippen LogP contribution in [0.5, 0.6) is 0 Å². The Morgan fingerprint density at radius 1 is 1.14 bits per heavy atom. The van der Waals surface area contributed by atoms with Gasteiger partial charge in [0.05, 0.1) is 5.60 Å². The van der Waals surface area contributed by atoms with Crippen LogP contribution in [0.2, 0.25) is 0 Å². The predicted molar refractivity (Wildman–Crippen MR) is 56.2 cm³/mol. The third kappa shape index (κ3) is 1.19. The topological polar surface area (TPSA) is 12.5 Å². The first-order valence-corrected chi connectivity index (χ1v) is 5.55. The molecule has 0 amide bonds. The molecule has 1 nitrogen and oxygen atoms in total. The van der Waals surface area contributed by atoms with Gasteiger partial charge in [0.1, 0.15) is 6.10 Å². The van der Waals surface area contributed by atoms with Crippen LogP contribution < -0.4 is 0 Å². The highest BCUT2D eigenvalue weighted by atomic mass is 16.6. The van der Waals surface area contributed by atoms with Gasteiger partial charge in [0.15, 0.2) is 0 Å². The molecule has 3 rings (SSSR count). The van der Waals surface area contributed by atoms with Crippen molar-refractivity contribution in [2.24, 2.45) is 0 Å². The van der Waals surface area contributed by atoms with Crippen LogP contribution in [0, 0.1) is 6.92 Å². The molecule has 1 saturated heterocycles. The third-order valence-corrected chi connectivity index (χ3v) is 3.60. The van der Waals surface area contributed by atoms with E-state index in [1.54, 1.807) is 0 Å². The van der Waals surface area contributed by atoms with Gasteiger partial charge in [-0.05, 0) is 25.3 Å². The van der Waals surface area contributed by atoms with Crippen LogP contribution >= 0.6 is 0 Å². The maximum absolute atomic E-state index is 5.89. The second-order valence-electron chi connectivity index (χ2n) is 4.68. The van der Waals surface area contributed by atoms with Gasteiger partial charge >= 0.3 is 0 Å². The second kappa shape index (κ2) is 2.83. The Labute approximate surface area is 85.1 Å². The number of epoxide rings is 1. The molecule has 1 aromatic rings. The fraction of sp³-hybridized carbons (Fsp3) is 0.538. The van der Waals surface area contributed by atoms with Crippen molar-refractivity contribution >= 4 is 0 Å². The standard InChI is InChI=1S/C13H16O/c1-10-4-6-11(7-5-10)12-13(14-12)8-2-3-9-13/h4-7,12H,2-3,8-9H2,1H3. The normalized spacial score (nSPS) is 28.2. The molecule has 1 aromatic carbocycles. The van der Waals surface area contributed by atoms with Gasteiger partial charge in [0.2, 0.25) is 0 Å². The zero-order valence-electron chi connectivity index (χ0n) is 8.62. The second-order valence-corrected chi connectivity index (χ2v) is 4.68. The SMILES string of the molecule is Cc1ccc(C2OC23CCCC3)cc1. The van der Waals surface area contributed by atoms with Crippen molar-refractivity contribution in [1.82, 2.24) is 0 Å². The van der Waals surface area contributed by atoms with E-state index in [-0.39, 0.29) is 5.60 Å². The van der Waals surface area contributed by atoms with E-state index in [0.717, 1.165) is 0 Å². The Morgan fingerprint density at radius 3 is 2.43 bits per heavy atom. The number of aryl methyl sites for hydroxylation is 1. The molecule has 1 saturated carbocycles. The molecule has 74 valence electrons. The average Bonchev–Trinajstić information content (AvgIpc) is 2.68. The number of hydrogen-bond donors (Lipinski definition) is 0. The van der Waals surface area contributed by atoms with Crippen LogP contribution in [0.1, 0.15) is 42.9 Å². The quantitative estimate of drug-likeness (QED) is 0.615. The van der Waals surface area contributed by atoms with Crippen molar-refractivity contribution < 1.29 is 4.74 Å². The van der Waals surface area contributed by atoms with Gasteiger partial charge < -0.3 is 4.74 Å². The molecular weight excluding hydrogens is 172 g/mol. The van der Waals surface area contributed by atoms with Crippen molar-refractivity contribution in [2.75, 3.05) is 0 Å². The molecule has 2 aliphatic rings. The fourth-order valence-corrected chi connectivity index (χ4v) is 2.67. The molecule has 0 N–H and O–H groups in total. The molecule has 1 aliphatic carbocycles. The molecule has 1 aliphatic heterocycles. The van der Waals surface area contributed by atoms with Gasteiger partial charge in [-0.3, -0.25) is 0 Å². The molecule has 14 heavy (non-hydrogen) atoms. The highest BCUT2D eigenvalue weighted by Crippen LogP contribution is 2.58. The summed E-state index contributed by atoms with van der Waals surface area (Å²) in [4.78, 5) is 0. The van der Waals surface area contributed by atoms with Gasteiger partial charge in [-0.15, -0.1) is 0 Å². The summed E-state index contributed by atoms with van der Waals surface area (Å²) in [6.45, 7) is 2.13. The number of hydrogen-bond acceptors (Lipinski definition) is 1. The highest BCUT2D eigenvalue weighted by Gasteiger charge is 2.57. The first-order valence-electron chi connectivity index (χ1n) is 5.55. The monoisotopic (exact) mass is 188 g/mol. The largest absolute Gasteiger partial charge is 0.361 e. The van der Waals surface area contributed by atoms with E-state index in [2.05, 4.69) is 31.2 Å². The Hall–Kier alpha value is -0.820. The molecular formula is C13H16O. The lowest BCUT2D eigenvalue weighted by atomic mass is 9.97. The molecule has 1 heteroatoms. The van der Waals surface area contributed by atoms with Crippen LogP contribution in [-0.2, 0) is 4.74 Å². The fourth-order valence-electron chi connectivity index (χ4n) is 2.67. The predicted octanol–water partition coefficient (Wildman–Crippen LogP) is 3.38. The summed E-state index contributed by atoms with van der Waals surface area (Å²) in [5, 5.41) is 0. The van der Waals surface area contributed by atoms with E-state index in [1.807, 2.05) is 0 Å². The van der Waals surface area contributed by atoms with Crippen LogP contribution in [0.15, 0.2) is 24.3 Å². The minimum Gasteiger partial charge on any atom is -0.361 e. The summed E-state index contributed by atoms with van der Waals surface area (Å²) < 4.78 is 5.89. The summed E-state index contributed by atoms with van der Waals surface area (Å²) in [6.07, 6.45) is 5.65. The van der Waals surface area contributed by atoms with E-state index in [1.165, 1.54) is 36.8 Å². The molecule has 0 radical (unpaired) electrons. The highest BCUT2D eigenvalue weighted by molar-refractivity contribution is 5.29. The van der Waals surface area contributed by atoms with E-state index in [0.29, 0.717) is 6.10 Å². The summed E-state index contributed by atoms with van der Waals surface area (Å²) >= 11 is 0. The Balaban J connectivity index is 1.82. The Bertz CT molecular complexity index is 333. The van der Waals surface area contributed by atoms with Crippen molar-refractivity contribution in [3.63, 3.8) is 0 Å². The molecule has 1 heterocycles. The smallest absolute Gasteiger partial charge is 0.112 e. The van der Waals surface area contributed by atoms with Crippen LogP contribution in [0.4, 0.5) is 0 Å². The Morgan fingerprint density at radius 2 is 1.79 bits per heavy atom. The van der Waals surface area contributed by atoms with Crippen molar-refractivity contribution in [3.05, 3.63) is 35.4 Å². The maximum Gasteiger partial charge on any atom is 0.112 e. The molecule has 1 atom stereocenters. The van der Waals surface area contributed by atoms with E-state index in [4.69, 9.17) is 4.74 Å². The number of benzene rings is 1.